The minimum absolute atomic E-state index is 0.0450. The van der Waals surface area contributed by atoms with Gasteiger partial charge in [-0.05, 0) is 30.7 Å². The Hall–Kier alpha value is -1.82. The Morgan fingerprint density at radius 3 is 3.00 bits per heavy atom. The lowest BCUT2D eigenvalue weighted by molar-refractivity contribution is 0.272. The van der Waals surface area contributed by atoms with Crippen LogP contribution in [0, 0.1) is 17.1 Å². The van der Waals surface area contributed by atoms with Gasteiger partial charge >= 0.3 is 0 Å². The second kappa shape index (κ2) is 5.03. The highest BCUT2D eigenvalue weighted by Gasteiger charge is 1.99. The van der Waals surface area contributed by atoms with E-state index in [9.17, 15) is 4.39 Å². The third-order valence-electron chi connectivity index (χ3n) is 1.63. The largest absolute Gasteiger partial charge is 0.501 e. The molecule has 0 aromatic heterocycles. The summed E-state index contributed by atoms with van der Waals surface area (Å²) in [6.07, 6.45) is 3.21. The molecule has 3 heteroatoms. The van der Waals surface area contributed by atoms with Crippen LogP contribution in [0.3, 0.4) is 0 Å². The van der Waals surface area contributed by atoms with Crippen LogP contribution >= 0.6 is 0 Å². The Morgan fingerprint density at radius 1 is 1.57 bits per heavy atom. The summed E-state index contributed by atoms with van der Waals surface area (Å²) < 4.78 is 17.9. The smallest absolute Gasteiger partial charge is 0.140 e. The van der Waals surface area contributed by atoms with E-state index in [4.69, 9.17) is 10.00 Å². The molecule has 0 spiro atoms. The number of hydrogen-bond donors (Lipinski definition) is 0. The van der Waals surface area contributed by atoms with Crippen LogP contribution in [0.4, 0.5) is 4.39 Å². The Balaban J connectivity index is 2.86. The average molecular weight is 191 g/mol. The maximum absolute atomic E-state index is 12.9. The second-order valence-corrected chi connectivity index (χ2v) is 2.61. The first-order chi connectivity index (χ1) is 6.77. The van der Waals surface area contributed by atoms with Gasteiger partial charge in [0, 0.05) is 0 Å². The molecule has 72 valence electrons. The Morgan fingerprint density at radius 2 is 2.36 bits per heavy atom. The molecule has 2 nitrogen and oxygen atoms in total. The summed E-state index contributed by atoms with van der Waals surface area (Å²) in [6, 6.07) is 6.11. The van der Waals surface area contributed by atoms with Gasteiger partial charge < -0.3 is 4.74 Å². The van der Waals surface area contributed by atoms with Crippen molar-refractivity contribution in [3.8, 4) is 6.07 Å². The van der Waals surface area contributed by atoms with Gasteiger partial charge in [-0.3, -0.25) is 0 Å². The number of hydrogen-bond acceptors (Lipinski definition) is 2. The van der Waals surface area contributed by atoms with Crippen LogP contribution in [0.25, 0.3) is 6.08 Å². The van der Waals surface area contributed by atoms with Crippen molar-refractivity contribution in [3.05, 3.63) is 41.4 Å². The van der Waals surface area contributed by atoms with Gasteiger partial charge in [0.05, 0.1) is 18.4 Å². The normalized spacial score (nSPS) is 10.1. The lowest BCUT2D eigenvalue weighted by atomic mass is 10.1. The van der Waals surface area contributed by atoms with Crippen LogP contribution in [-0.4, -0.2) is 6.61 Å². The van der Waals surface area contributed by atoms with E-state index in [-0.39, 0.29) is 5.56 Å². The van der Waals surface area contributed by atoms with Gasteiger partial charge in [-0.25, -0.2) is 4.39 Å². The number of halogens is 1. The van der Waals surface area contributed by atoms with E-state index in [0.717, 1.165) is 5.56 Å². The summed E-state index contributed by atoms with van der Waals surface area (Å²) in [6.45, 7) is 2.46. The van der Waals surface area contributed by atoms with Gasteiger partial charge in [0.15, 0.2) is 0 Å². The molecule has 1 aromatic carbocycles. The topological polar surface area (TPSA) is 33.0 Å². The van der Waals surface area contributed by atoms with Crippen molar-refractivity contribution in [2.24, 2.45) is 0 Å². The Bertz CT molecular complexity index is 379. The molecule has 0 aliphatic heterocycles. The molecule has 1 aromatic rings. The number of nitriles is 1. The molecule has 0 amide bonds. The van der Waals surface area contributed by atoms with Gasteiger partial charge in [0.1, 0.15) is 11.9 Å². The fourth-order valence-corrected chi connectivity index (χ4v) is 0.955. The quantitative estimate of drug-likeness (QED) is 0.688. The fraction of sp³-hybridized carbons (Fsp3) is 0.182. The second-order valence-electron chi connectivity index (χ2n) is 2.61. The molecule has 14 heavy (non-hydrogen) atoms. The molecule has 0 fully saturated rings. The third kappa shape index (κ3) is 2.60. The van der Waals surface area contributed by atoms with E-state index in [1.807, 2.05) is 6.92 Å². The minimum atomic E-state index is -0.499. The third-order valence-corrected chi connectivity index (χ3v) is 1.63. The van der Waals surface area contributed by atoms with Gasteiger partial charge in [-0.1, -0.05) is 6.07 Å². The maximum Gasteiger partial charge on any atom is 0.140 e. The van der Waals surface area contributed by atoms with Gasteiger partial charge in [0.25, 0.3) is 0 Å². The lowest BCUT2D eigenvalue weighted by Gasteiger charge is -1.96. The van der Waals surface area contributed by atoms with Crippen molar-refractivity contribution in [2.75, 3.05) is 6.61 Å². The summed E-state index contributed by atoms with van der Waals surface area (Å²) in [5.74, 6) is -0.499. The number of ether oxygens (including phenoxy) is 1. The first-order valence-electron chi connectivity index (χ1n) is 4.25. The van der Waals surface area contributed by atoms with Crippen LogP contribution in [0.15, 0.2) is 24.5 Å². The zero-order valence-corrected chi connectivity index (χ0v) is 7.83. The molecule has 0 bridgehead atoms. The van der Waals surface area contributed by atoms with Crippen LogP contribution in [0.5, 0.6) is 0 Å². The van der Waals surface area contributed by atoms with Crippen molar-refractivity contribution in [1.82, 2.24) is 0 Å². The highest BCUT2D eigenvalue weighted by Crippen LogP contribution is 2.10. The van der Waals surface area contributed by atoms with Crippen molar-refractivity contribution in [3.63, 3.8) is 0 Å². The van der Waals surface area contributed by atoms with Crippen LogP contribution in [0.2, 0.25) is 0 Å². The molecule has 0 unspecified atom stereocenters. The first-order valence-corrected chi connectivity index (χ1v) is 4.25. The standard InChI is InChI=1S/C11H10FNO/c1-2-14-6-5-9-3-4-11(12)10(7-9)8-13/h3-7H,2H2,1H3/b6-5+. The number of benzene rings is 1. The molecule has 0 radical (unpaired) electrons. The molecule has 0 saturated heterocycles. The van der Waals surface area contributed by atoms with E-state index < -0.39 is 5.82 Å². The SMILES string of the molecule is CCO/C=C/c1ccc(F)c(C#N)c1. The summed E-state index contributed by atoms with van der Waals surface area (Å²) in [7, 11) is 0. The van der Waals surface area contributed by atoms with E-state index in [1.165, 1.54) is 18.4 Å². The molecule has 0 aliphatic rings. The highest BCUT2D eigenvalue weighted by molar-refractivity contribution is 5.51. The molecule has 0 N–H and O–H groups in total. The lowest BCUT2D eigenvalue weighted by Crippen LogP contribution is -1.84. The van der Waals surface area contributed by atoms with E-state index in [2.05, 4.69) is 0 Å². The van der Waals surface area contributed by atoms with E-state index >= 15 is 0 Å². The summed E-state index contributed by atoms with van der Waals surface area (Å²) in [5, 5.41) is 8.57. The first kappa shape index (κ1) is 10.3. The highest BCUT2D eigenvalue weighted by atomic mass is 19.1. The molecule has 0 aliphatic carbocycles. The van der Waals surface area contributed by atoms with Crippen molar-refractivity contribution in [1.29, 1.82) is 5.26 Å². The van der Waals surface area contributed by atoms with Gasteiger partial charge in [-0.2, -0.15) is 5.26 Å². The van der Waals surface area contributed by atoms with E-state index in [1.54, 1.807) is 18.2 Å². The molecular formula is C11H10FNO. The van der Waals surface area contributed by atoms with Crippen molar-refractivity contribution < 1.29 is 9.13 Å². The zero-order chi connectivity index (χ0) is 10.4. The van der Waals surface area contributed by atoms with Crippen molar-refractivity contribution in [2.45, 2.75) is 6.92 Å². The Kier molecular flexibility index (Phi) is 3.69. The molecule has 0 atom stereocenters. The zero-order valence-electron chi connectivity index (χ0n) is 7.83. The number of rotatable bonds is 3. The summed E-state index contributed by atoms with van der Waals surface area (Å²) in [5.41, 5.74) is 0.792. The Labute approximate surface area is 82.2 Å². The molecule has 1 rings (SSSR count). The fourth-order valence-electron chi connectivity index (χ4n) is 0.955. The summed E-state index contributed by atoms with van der Waals surface area (Å²) >= 11 is 0. The maximum atomic E-state index is 12.9. The van der Waals surface area contributed by atoms with Crippen LogP contribution < -0.4 is 0 Å². The average Bonchev–Trinajstić information content (AvgIpc) is 2.21. The minimum Gasteiger partial charge on any atom is -0.501 e. The van der Waals surface area contributed by atoms with Gasteiger partial charge in [-0.15, -0.1) is 0 Å². The van der Waals surface area contributed by atoms with Crippen LogP contribution in [0.1, 0.15) is 18.1 Å². The monoisotopic (exact) mass is 191 g/mol. The van der Waals surface area contributed by atoms with Crippen molar-refractivity contribution >= 4 is 6.08 Å². The molecule has 0 heterocycles. The van der Waals surface area contributed by atoms with E-state index in [0.29, 0.717) is 6.61 Å². The molecule has 0 saturated carbocycles. The predicted octanol–water partition coefficient (Wildman–Crippen LogP) is 2.70. The summed E-state index contributed by atoms with van der Waals surface area (Å²) in [4.78, 5) is 0. The van der Waals surface area contributed by atoms with Crippen LogP contribution in [-0.2, 0) is 4.74 Å². The number of nitrogens with zero attached hydrogens (tertiary/aromatic N) is 1. The van der Waals surface area contributed by atoms with Gasteiger partial charge in [0.2, 0.25) is 0 Å². The predicted molar refractivity (Wildman–Crippen MR) is 51.8 cm³/mol. The molecular weight excluding hydrogens is 181 g/mol.